The van der Waals surface area contributed by atoms with E-state index in [0.717, 1.165) is 28.2 Å². The summed E-state index contributed by atoms with van der Waals surface area (Å²) in [5.74, 6) is 0.836. The van der Waals surface area contributed by atoms with Crippen LogP contribution in [0.25, 0.3) is 33.3 Å². The van der Waals surface area contributed by atoms with Crippen molar-refractivity contribution in [3.63, 3.8) is 0 Å². The number of pyridine rings is 2. The second-order valence-corrected chi connectivity index (χ2v) is 8.23. The number of hydrogen-bond donors (Lipinski definition) is 2. The standard InChI is InChI=1S/C28H20N6O2/c35-25-13-11-21(27-20(25)7-5-9-26(27)36)33-32-18-10-12-24-23(16-18)31-28(22-8-2-4-15-30-22)34(24)17-19-6-1-3-14-29-19/h1-16,35-36H,17H2. The number of hydrogen-bond acceptors (Lipinski definition) is 7. The van der Waals surface area contributed by atoms with Crippen LogP contribution in [0.4, 0.5) is 11.4 Å². The lowest BCUT2D eigenvalue weighted by Gasteiger charge is -2.08. The molecule has 0 atom stereocenters. The Morgan fingerprint density at radius 3 is 2.42 bits per heavy atom. The molecule has 3 heterocycles. The van der Waals surface area contributed by atoms with E-state index in [2.05, 4.69) is 24.8 Å². The van der Waals surface area contributed by atoms with Crippen molar-refractivity contribution >= 4 is 33.2 Å². The van der Waals surface area contributed by atoms with Gasteiger partial charge in [-0.1, -0.05) is 24.3 Å². The van der Waals surface area contributed by atoms with Crippen LogP contribution in [0.15, 0.2) is 108 Å². The topological polar surface area (TPSA) is 109 Å². The molecule has 0 unspecified atom stereocenters. The Balaban J connectivity index is 1.43. The van der Waals surface area contributed by atoms with Gasteiger partial charge in [-0.2, -0.15) is 5.11 Å². The minimum Gasteiger partial charge on any atom is -0.507 e. The van der Waals surface area contributed by atoms with Gasteiger partial charge in [-0.3, -0.25) is 9.97 Å². The predicted molar refractivity (Wildman–Crippen MR) is 138 cm³/mol. The summed E-state index contributed by atoms with van der Waals surface area (Å²) in [6.07, 6.45) is 3.52. The highest BCUT2D eigenvalue weighted by molar-refractivity contribution is 6.00. The zero-order chi connectivity index (χ0) is 24.5. The van der Waals surface area contributed by atoms with Gasteiger partial charge in [0.1, 0.15) is 17.2 Å². The Kier molecular flexibility index (Phi) is 5.31. The Bertz CT molecular complexity index is 1730. The molecule has 0 aliphatic heterocycles. The molecule has 6 rings (SSSR count). The number of rotatable bonds is 5. The zero-order valence-electron chi connectivity index (χ0n) is 19.0. The van der Waals surface area contributed by atoms with Crippen molar-refractivity contribution in [3.8, 4) is 23.0 Å². The fourth-order valence-electron chi connectivity index (χ4n) is 4.23. The van der Waals surface area contributed by atoms with E-state index >= 15 is 0 Å². The number of azo groups is 1. The third kappa shape index (κ3) is 3.90. The fraction of sp³-hybridized carbons (Fsp3) is 0.0357. The third-order valence-corrected chi connectivity index (χ3v) is 5.92. The van der Waals surface area contributed by atoms with Crippen LogP contribution in [0.5, 0.6) is 11.5 Å². The molecule has 8 nitrogen and oxygen atoms in total. The van der Waals surface area contributed by atoms with Crippen LogP contribution in [-0.2, 0) is 6.54 Å². The molecule has 0 saturated carbocycles. The van der Waals surface area contributed by atoms with Crippen molar-refractivity contribution in [1.29, 1.82) is 0 Å². The molecule has 0 bridgehead atoms. The lowest BCUT2D eigenvalue weighted by Crippen LogP contribution is -2.04. The van der Waals surface area contributed by atoms with Crippen molar-refractivity contribution in [2.75, 3.05) is 0 Å². The van der Waals surface area contributed by atoms with E-state index in [1.54, 1.807) is 36.7 Å². The molecule has 6 aromatic rings. The summed E-state index contributed by atoms with van der Waals surface area (Å²) in [5, 5.41) is 30.2. The first kappa shape index (κ1) is 21.4. The lowest BCUT2D eigenvalue weighted by molar-refractivity contribution is 0.475. The van der Waals surface area contributed by atoms with E-state index in [4.69, 9.17) is 4.98 Å². The number of aromatic hydroxyl groups is 2. The molecule has 36 heavy (non-hydrogen) atoms. The summed E-state index contributed by atoms with van der Waals surface area (Å²) in [5.41, 5.74) is 4.41. The molecule has 0 fully saturated rings. The van der Waals surface area contributed by atoms with Crippen LogP contribution in [0.1, 0.15) is 5.69 Å². The number of phenols is 2. The summed E-state index contributed by atoms with van der Waals surface area (Å²) in [6.45, 7) is 0.545. The summed E-state index contributed by atoms with van der Waals surface area (Å²) in [6, 6.07) is 25.4. The summed E-state index contributed by atoms with van der Waals surface area (Å²) >= 11 is 0. The van der Waals surface area contributed by atoms with Gasteiger partial charge in [-0.05, 0) is 60.7 Å². The molecule has 0 saturated heterocycles. The Hall–Kier alpha value is -5.11. The quantitative estimate of drug-likeness (QED) is 0.278. The largest absolute Gasteiger partial charge is 0.507 e. The van der Waals surface area contributed by atoms with Gasteiger partial charge >= 0.3 is 0 Å². The SMILES string of the molecule is Oc1ccc(N=Nc2ccc3c(c2)nc(-c2ccccn2)n3Cc2ccccn2)c2c(O)cccc12. The Morgan fingerprint density at radius 2 is 1.61 bits per heavy atom. The summed E-state index contributed by atoms with van der Waals surface area (Å²) < 4.78 is 2.09. The third-order valence-electron chi connectivity index (χ3n) is 5.92. The van der Waals surface area contributed by atoms with Crippen molar-refractivity contribution in [2.45, 2.75) is 6.54 Å². The molecule has 3 aromatic heterocycles. The molecule has 8 heteroatoms. The Morgan fingerprint density at radius 1 is 0.750 bits per heavy atom. The number of phenolic OH excluding ortho intramolecular Hbond substituents is 2. The maximum atomic E-state index is 10.3. The van der Waals surface area contributed by atoms with Crippen molar-refractivity contribution in [1.82, 2.24) is 19.5 Å². The van der Waals surface area contributed by atoms with Crippen LogP contribution in [0.3, 0.4) is 0 Å². The van der Waals surface area contributed by atoms with Crippen LogP contribution in [-0.4, -0.2) is 29.7 Å². The number of imidazole rings is 1. The minimum atomic E-state index is 0.0288. The van der Waals surface area contributed by atoms with E-state index in [1.807, 2.05) is 54.6 Å². The average molecular weight is 473 g/mol. The first-order chi connectivity index (χ1) is 17.7. The normalized spacial score (nSPS) is 11.6. The number of fused-ring (bicyclic) bond motifs is 2. The minimum absolute atomic E-state index is 0.0288. The number of nitrogens with zero attached hydrogens (tertiary/aromatic N) is 6. The van der Waals surface area contributed by atoms with Crippen LogP contribution in [0, 0.1) is 0 Å². The number of benzene rings is 3. The van der Waals surface area contributed by atoms with Gasteiger partial charge < -0.3 is 14.8 Å². The first-order valence-electron chi connectivity index (χ1n) is 11.3. The maximum Gasteiger partial charge on any atom is 0.160 e. The van der Waals surface area contributed by atoms with E-state index < -0.39 is 0 Å². The first-order valence-corrected chi connectivity index (χ1v) is 11.3. The second-order valence-electron chi connectivity index (χ2n) is 8.23. The molecule has 0 aliphatic rings. The van der Waals surface area contributed by atoms with Gasteiger partial charge in [0.2, 0.25) is 0 Å². The van der Waals surface area contributed by atoms with Crippen LogP contribution in [0.2, 0.25) is 0 Å². The molecule has 2 N–H and O–H groups in total. The Labute approximate surface area is 205 Å². The second kappa shape index (κ2) is 8.92. The van der Waals surface area contributed by atoms with Crippen molar-refractivity contribution in [2.24, 2.45) is 10.2 Å². The average Bonchev–Trinajstić information content (AvgIpc) is 3.27. The van der Waals surface area contributed by atoms with Crippen molar-refractivity contribution < 1.29 is 10.2 Å². The summed E-state index contributed by atoms with van der Waals surface area (Å²) in [4.78, 5) is 13.8. The van der Waals surface area contributed by atoms with Gasteiger partial charge in [0.05, 0.1) is 40.0 Å². The molecule has 0 amide bonds. The number of aromatic nitrogens is 4. The highest BCUT2D eigenvalue weighted by Crippen LogP contribution is 2.39. The van der Waals surface area contributed by atoms with Crippen LogP contribution >= 0.6 is 0 Å². The zero-order valence-corrected chi connectivity index (χ0v) is 19.0. The van der Waals surface area contributed by atoms with Gasteiger partial charge in [0.25, 0.3) is 0 Å². The van der Waals surface area contributed by atoms with E-state index in [9.17, 15) is 10.2 Å². The van der Waals surface area contributed by atoms with Crippen molar-refractivity contribution in [3.05, 3.63) is 103 Å². The van der Waals surface area contributed by atoms with Gasteiger partial charge in [-0.25, -0.2) is 4.98 Å². The lowest BCUT2D eigenvalue weighted by atomic mass is 10.1. The smallest absolute Gasteiger partial charge is 0.160 e. The van der Waals surface area contributed by atoms with E-state index in [-0.39, 0.29) is 11.5 Å². The van der Waals surface area contributed by atoms with Gasteiger partial charge in [0, 0.05) is 17.8 Å². The van der Waals surface area contributed by atoms with E-state index in [0.29, 0.717) is 28.7 Å². The van der Waals surface area contributed by atoms with Crippen LogP contribution < -0.4 is 0 Å². The van der Waals surface area contributed by atoms with E-state index in [1.165, 1.54) is 6.07 Å². The highest BCUT2D eigenvalue weighted by atomic mass is 16.3. The van der Waals surface area contributed by atoms with Gasteiger partial charge in [0.15, 0.2) is 5.82 Å². The maximum absolute atomic E-state index is 10.3. The molecule has 0 radical (unpaired) electrons. The molecular formula is C28H20N6O2. The molecular weight excluding hydrogens is 452 g/mol. The fourth-order valence-corrected chi connectivity index (χ4v) is 4.23. The molecule has 3 aromatic carbocycles. The molecule has 0 aliphatic carbocycles. The monoisotopic (exact) mass is 472 g/mol. The molecule has 174 valence electrons. The summed E-state index contributed by atoms with van der Waals surface area (Å²) in [7, 11) is 0. The predicted octanol–water partition coefficient (Wildman–Crippen LogP) is 6.52. The van der Waals surface area contributed by atoms with Gasteiger partial charge in [-0.15, -0.1) is 5.11 Å². The highest BCUT2D eigenvalue weighted by Gasteiger charge is 2.15. The molecule has 0 spiro atoms.